The van der Waals surface area contributed by atoms with Gasteiger partial charge in [0.2, 0.25) is 12.2 Å². The van der Waals surface area contributed by atoms with Gasteiger partial charge < -0.3 is 19.3 Å². The largest absolute Gasteiger partial charge is 0.394 e. The Bertz CT molecular complexity index is 627. The molecule has 1 fully saturated rings. The van der Waals surface area contributed by atoms with Crippen LogP contribution in [-0.4, -0.2) is 58.5 Å². The zero-order valence-corrected chi connectivity index (χ0v) is 12.2. The minimum absolute atomic E-state index is 0.0281. The van der Waals surface area contributed by atoms with Crippen molar-refractivity contribution in [2.24, 2.45) is 0 Å². The number of carbonyl (C=O) groups is 1. The number of likely N-dealkylation sites (tertiary alicyclic amines) is 1. The van der Waals surface area contributed by atoms with Crippen LogP contribution in [0.1, 0.15) is 16.8 Å². The van der Waals surface area contributed by atoms with Crippen LogP contribution in [0.25, 0.3) is 11.4 Å². The summed E-state index contributed by atoms with van der Waals surface area (Å²) in [5.41, 5.74) is 1.34. The number of ether oxygens (including phenoxy) is 1. The molecular formula is C15H17N3O4. The van der Waals surface area contributed by atoms with Gasteiger partial charge in [-0.15, -0.1) is 0 Å². The Morgan fingerprint density at radius 1 is 1.45 bits per heavy atom. The maximum absolute atomic E-state index is 12.6. The average Bonchev–Trinajstić information content (AvgIpc) is 3.23. The molecule has 1 aromatic heterocycles. The molecule has 1 N–H and O–H groups in total. The molecule has 2 atom stereocenters. The molecule has 0 radical (unpaired) electrons. The van der Waals surface area contributed by atoms with Gasteiger partial charge in [-0.2, -0.15) is 4.98 Å². The van der Waals surface area contributed by atoms with E-state index in [4.69, 9.17) is 9.26 Å². The minimum Gasteiger partial charge on any atom is -0.394 e. The summed E-state index contributed by atoms with van der Waals surface area (Å²) in [4.78, 5) is 18.2. The number of hydrogen-bond donors (Lipinski definition) is 1. The first-order valence-corrected chi connectivity index (χ1v) is 7.04. The van der Waals surface area contributed by atoms with Gasteiger partial charge in [-0.1, -0.05) is 17.3 Å². The highest BCUT2D eigenvalue weighted by Gasteiger charge is 2.35. The molecular weight excluding hydrogens is 286 g/mol. The second-order valence-corrected chi connectivity index (χ2v) is 5.22. The van der Waals surface area contributed by atoms with E-state index in [-0.39, 0.29) is 24.7 Å². The van der Waals surface area contributed by atoms with Crippen molar-refractivity contribution < 1.29 is 19.2 Å². The van der Waals surface area contributed by atoms with Gasteiger partial charge in [0.15, 0.2) is 0 Å². The third-order valence-electron chi connectivity index (χ3n) is 3.93. The number of carbonyl (C=O) groups excluding carboxylic acids is 1. The lowest BCUT2D eigenvalue weighted by Gasteiger charge is -2.22. The van der Waals surface area contributed by atoms with Crippen molar-refractivity contribution in [3.8, 4) is 11.4 Å². The maximum Gasteiger partial charge on any atom is 0.254 e. The first kappa shape index (κ1) is 14.7. The molecule has 0 saturated carbocycles. The molecule has 1 aliphatic rings. The van der Waals surface area contributed by atoms with Gasteiger partial charge in [0.05, 0.1) is 18.8 Å². The third-order valence-corrected chi connectivity index (χ3v) is 3.93. The number of hydrogen-bond acceptors (Lipinski definition) is 6. The molecule has 1 saturated heterocycles. The van der Waals surface area contributed by atoms with Crippen molar-refractivity contribution in [2.45, 2.75) is 18.6 Å². The molecule has 0 spiro atoms. The summed E-state index contributed by atoms with van der Waals surface area (Å²) in [6.45, 7) is 0.430. The lowest BCUT2D eigenvalue weighted by Crippen LogP contribution is -2.38. The van der Waals surface area contributed by atoms with Crippen LogP contribution in [0, 0.1) is 0 Å². The highest BCUT2D eigenvalue weighted by atomic mass is 16.5. The van der Waals surface area contributed by atoms with Crippen LogP contribution in [0.5, 0.6) is 0 Å². The van der Waals surface area contributed by atoms with E-state index in [2.05, 4.69) is 10.1 Å². The van der Waals surface area contributed by atoms with Crippen LogP contribution < -0.4 is 0 Å². The van der Waals surface area contributed by atoms with E-state index in [0.717, 1.165) is 5.56 Å². The van der Waals surface area contributed by atoms with Gasteiger partial charge >= 0.3 is 0 Å². The summed E-state index contributed by atoms with van der Waals surface area (Å²) in [5.74, 6) is 0.367. The second kappa shape index (κ2) is 6.25. The number of aromatic nitrogens is 2. The van der Waals surface area contributed by atoms with Crippen LogP contribution in [0.4, 0.5) is 0 Å². The lowest BCUT2D eigenvalue weighted by atomic mass is 10.1. The van der Waals surface area contributed by atoms with Crippen LogP contribution >= 0.6 is 0 Å². The van der Waals surface area contributed by atoms with Gasteiger partial charge in [0.1, 0.15) is 0 Å². The van der Waals surface area contributed by atoms with E-state index in [1.807, 2.05) is 0 Å². The molecule has 22 heavy (non-hydrogen) atoms. The maximum atomic E-state index is 12.6. The number of nitrogens with zero attached hydrogens (tertiary/aromatic N) is 3. The molecule has 7 nitrogen and oxygen atoms in total. The van der Waals surface area contributed by atoms with E-state index in [9.17, 15) is 9.90 Å². The molecule has 2 heterocycles. The quantitative estimate of drug-likeness (QED) is 0.905. The predicted octanol–water partition coefficient (Wildman–Crippen LogP) is 0.958. The molecule has 1 aromatic carbocycles. The zero-order chi connectivity index (χ0) is 15.5. The van der Waals surface area contributed by atoms with E-state index >= 15 is 0 Å². The molecule has 3 rings (SSSR count). The molecule has 116 valence electrons. The topological polar surface area (TPSA) is 88.7 Å². The fourth-order valence-electron chi connectivity index (χ4n) is 2.69. The van der Waals surface area contributed by atoms with Crippen molar-refractivity contribution in [3.05, 3.63) is 36.2 Å². The molecule has 1 amide bonds. The van der Waals surface area contributed by atoms with Crippen LogP contribution in [0.2, 0.25) is 0 Å². The van der Waals surface area contributed by atoms with E-state index in [1.54, 1.807) is 36.3 Å². The minimum atomic E-state index is -0.200. The van der Waals surface area contributed by atoms with E-state index < -0.39 is 0 Å². The highest BCUT2D eigenvalue weighted by Crippen LogP contribution is 2.23. The lowest BCUT2D eigenvalue weighted by molar-refractivity contribution is 0.0648. The van der Waals surface area contributed by atoms with Crippen molar-refractivity contribution in [3.63, 3.8) is 0 Å². The summed E-state index contributed by atoms with van der Waals surface area (Å²) < 4.78 is 10.00. The number of amides is 1. The fourth-order valence-corrected chi connectivity index (χ4v) is 2.69. The molecule has 0 bridgehead atoms. The monoisotopic (exact) mass is 303 g/mol. The third kappa shape index (κ3) is 2.72. The standard InChI is InChI=1S/C15H17N3O4/c1-21-13-6-12(8-19)18(7-13)15(20)11-4-2-10(3-5-11)14-16-9-22-17-14/h2-5,9,12-13,19H,6-8H2,1H3/t12-,13-/m0/s1. The van der Waals surface area contributed by atoms with Crippen molar-refractivity contribution in [1.29, 1.82) is 0 Å². The van der Waals surface area contributed by atoms with Crippen molar-refractivity contribution in [1.82, 2.24) is 15.0 Å². The molecule has 0 aliphatic carbocycles. The first-order valence-electron chi connectivity index (χ1n) is 7.04. The van der Waals surface area contributed by atoms with Gasteiger partial charge in [-0.05, 0) is 18.6 Å². The normalized spacial score (nSPS) is 21.3. The Morgan fingerprint density at radius 3 is 2.82 bits per heavy atom. The Kier molecular flexibility index (Phi) is 4.17. The number of rotatable bonds is 4. The van der Waals surface area contributed by atoms with Crippen molar-refractivity contribution in [2.75, 3.05) is 20.3 Å². The summed E-state index contributed by atoms with van der Waals surface area (Å²) >= 11 is 0. The number of benzene rings is 1. The zero-order valence-electron chi connectivity index (χ0n) is 12.2. The van der Waals surface area contributed by atoms with Crippen LogP contribution in [0.15, 0.2) is 35.2 Å². The summed E-state index contributed by atoms with van der Waals surface area (Å²) in [6.07, 6.45) is 1.88. The molecule has 1 aliphatic heterocycles. The predicted molar refractivity (Wildman–Crippen MR) is 77.1 cm³/mol. The Labute approximate surface area is 127 Å². The van der Waals surface area contributed by atoms with Gasteiger partial charge in [0.25, 0.3) is 5.91 Å². The Hall–Kier alpha value is -2.25. The van der Waals surface area contributed by atoms with E-state index in [1.165, 1.54) is 6.39 Å². The Morgan fingerprint density at radius 2 is 2.23 bits per heavy atom. The van der Waals surface area contributed by atoms with E-state index in [0.29, 0.717) is 24.4 Å². The number of aliphatic hydroxyl groups is 1. The van der Waals surface area contributed by atoms with Crippen LogP contribution in [0.3, 0.4) is 0 Å². The van der Waals surface area contributed by atoms with Crippen molar-refractivity contribution >= 4 is 5.91 Å². The molecule has 7 heteroatoms. The fraction of sp³-hybridized carbons (Fsp3) is 0.400. The Balaban J connectivity index is 1.77. The SMILES string of the molecule is CO[C@H]1C[C@@H](CO)N(C(=O)c2ccc(-c3ncon3)cc2)C1. The molecule has 2 aromatic rings. The van der Waals surface area contributed by atoms with Gasteiger partial charge in [0, 0.05) is 24.8 Å². The highest BCUT2D eigenvalue weighted by molar-refractivity contribution is 5.95. The number of aliphatic hydroxyl groups excluding tert-OH is 1. The first-order chi connectivity index (χ1) is 10.7. The average molecular weight is 303 g/mol. The summed E-state index contributed by atoms with van der Waals surface area (Å²) in [5, 5.41) is 13.2. The van der Waals surface area contributed by atoms with Gasteiger partial charge in [-0.3, -0.25) is 4.79 Å². The molecule has 0 unspecified atom stereocenters. The van der Waals surface area contributed by atoms with Crippen LogP contribution in [-0.2, 0) is 4.74 Å². The summed E-state index contributed by atoms with van der Waals surface area (Å²) in [6, 6.07) is 6.80. The smallest absolute Gasteiger partial charge is 0.254 e. The van der Waals surface area contributed by atoms with Gasteiger partial charge in [-0.25, -0.2) is 0 Å². The summed E-state index contributed by atoms with van der Waals surface area (Å²) in [7, 11) is 1.62. The number of methoxy groups -OCH3 is 1. The second-order valence-electron chi connectivity index (χ2n) is 5.22.